The van der Waals surface area contributed by atoms with Crippen LogP contribution in [-0.4, -0.2) is 54.3 Å². The Labute approximate surface area is 200 Å². The molecule has 0 amide bonds. The molecule has 0 spiro atoms. The second-order valence-electron chi connectivity index (χ2n) is 8.43. The molecule has 1 aliphatic rings. The number of rotatable bonds is 9. The number of anilines is 1. The first-order chi connectivity index (χ1) is 16.5. The van der Waals surface area contributed by atoms with Gasteiger partial charge in [-0.2, -0.15) is 0 Å². The molecule has 1 aliphatic carbocycles. The fourth-order valence-corrected chi connectivity index (χ4v) is 4.00. The van der Waals surface area contributed by atoms with Crippen LogP contribution in [0, 0.1) is 0 Å². The molecular weight excluding hydrogens is 426 g/mol. The van der Waals surface area contributed by atoms with Gasteiger partial charge in [0, 0.05) is 54.4 Å². The molecule has 4 rings (SSSR count). The van der Waals surface area contributed by atoms with Crippen molar-refractivity contribution < 1.29 is 9.47 Å². The number of nitrogens with zero attached hydrogens (tertiary/aromatic N) is 4. The standard InChI is InChI=1S/C27H31N5O2/c1-18(2)29-11-12-32(26-14-22(33-4)15-27(34-5)19(26)3)21-8-9-23-24(13-21)31-25(17-30-23)20-7-6-10-28-16-20/h6-10,13-18,26,29H,3,11-12H2,1-2,4-5H3. The van der Waals surface area contributed by atoms with Gasteiger partial charge in [0.15, 0.2) is 0 Å². The van der Waals surface area contributed by atoms with E-state index in [1.807, 2.05) is 24.3 Å². The molecule has 0 aliphatic heterocycles. The predicted octanol–water partition coefficient (Wildman–Crippen LogP) is 4.50. The number of nitrogens with one attached hydrogen (secondary N) is 1. The minimum absolute atomic E-state index is 0.129. The summed E-state index contributed by atoms with van der Waals surface area (Å²) in [6.07, 6.45) is 9.28. The largest absolute Gasteiger partial charge is 0.497 e. The van der Waals surface area contributed by atoms with Crippen LogP contribution < -0.4 is 10.2 Å². The summed E-state index contributed by atoms with van der Waals surface area (Å²) in [7, 11) is 3.32. The van der Waals surface area contributed by atoms with E-state index in [2.05, 4.69) is 58.8 Å². The minimum atomic E-state index is -0.129. The molecule has 0 bridgehead atoms. The van der Waals surface area contributed by atoms with E-state index in [9.17, 15) is 0 Å². The minimum Gasteiger partial charge on any atom is -0.497 e. The highest BCUT2D eigenvalue weighted by atomic mass is 16.5. The van der Waals surface area contributed by atoms with Crippen molar-refractivity contribution in [3.8, 4) is 11.3 Å². The first-order valence-electron chi connectivity index (χ1n) is 11.4. The van der Waals surface area contributed by atoms with E-state index in [-0.39, 0.29) is 6.04 Å². The summed E-state index contributed by atoms with van der Waals surface area (Å²) in [5, 5.41) is 3.51. The van der Waals surface area contributed by atoms with Crippen molar-refractivity contribution >= 4 is 16.7 Å². The Morgan fingerprint density at radius 3 is 2.68 bits per heavy atom. The highest BCUT2D eigenvalue weighted by Crippen LogP contribution is 2.31. The van der Waals surface area contributed by atoms with Gasteiger partial charge >= 0.3 is 0 Å². The molecule has 34 heavy (non-hydrogen) atoms. The second kappa shape index (κ2) is 10.5. The summed E-state index contributed by atoms with van der Waals surface area (Å²) in [6, 6.07) is 10.3. The number of pyridine rings is 1. The van der Waals surface area contributed by atoms with Gasteiger partial charge in [-0.3, -0.25) is 9.97 Å². The molecule has 1 aromatic carbocycles. The SMILES string of the molecule is C=C1C(OC)=CC(OC)=CC1N(CCNC(C)C)c1ccc2ncc(-c3cccnc3)nc2c1. The molecule has 3 aromatic rings. The Balaban J connectivity index is 1.74. The van der Waals surface area contributed by atoms with Crippen LogP contribution in [0.25, 0.3) is 22.3 Å². The van der Waals surface area contributed by atoms with Gasteiger partial charge in [0.25, 0.3) is 0 Å². The third-order valence-electron chi connectivity index (χ3n) is 5.78. The topological polar surface area (TPSA) is 72.4 Å². The van der Waals surface area contributed by atoms with E-state index < -0.39 is 0 Å². The Kier molecular flexibility index (Phi) is 7.23. The van der Waals surface area contributed by atoms with Gasteiger partial charge in [-0.15, -0.1) is 0 Å². The molecule has 2 aromatic heterocycles. The molecule has 2 heterocycles. The smallest absolute Gasteiger partial charge is 0.127 e. The molecule has 1 N–H and O–H groups in total. The lowest BCUT2D eigenvalue weighted by Gasteiger charge is -2.36. The van der Waals surface area contributed by atoms with Crippen LogP contribution in [0.3, 0.4) is 0 Å². The normalized spacial score (nSPS) is 15.8. The van der Waals surface area contributed by atoms with Gasteiger partial charge in [-0.25, -0.2) is 4.98 Å². The summed E-state index contributed by atoms with van der Waals surface area (Å²) in [4.78, 5) is 16.0. The molecule has 0 saturated heterocycles. The van der Waals surface area contributed by atoms with Crippen LogP contribution in [0.4, 0.5) is 5.69 Å². The van der Waals surface area contributed by atoms with Crippen molar-refractivity contribution in [1.82, 2.24) is 20.3 Å². The van der Waals surface area contributed by atoms with Crippen LogP contribution in [0.2, 0.25) is 0 Å². The van der Waals surface area contributed by atoms with E-state index >= 15 is 0 Å². The molecule has 7 nitrogen and oxygen atoms in total. The van der Waals surface area contributed by atoms with E-state index in [1.165, 1.54) is 0 Å². The van der Waals surface area contributed by atoms with Crippen molar-refractivity contribution in [3.05, 3.63) is 84.7 Å². The number of methoxy groups -OCH3 is 2. The zero-order valence-electron chi connectivity index (χ0n) is 20.2. The van der Waals surface area contributed by atoms with Crippen LogP contribution in [0.5, 0.6) is 0 Å². The number of allylic oxidation sites excluding steroid dienone is 1. The molecule has 0 saturated carbocycles. The van der Waals surface area contributed by atoms with Gasteiger partial charge in [0.1, 0.15) is 11.5 Å². The maximum absolute atomic E-state index is 5.60. The fourth-order valence-electron chi connectivity index (χ4n) is 4.00. The summed E-state index contributed by atoms with van der Waals surface area (Å²) < 4.78 is 11.2. The number of fused-ring (bicyclic) bond motifs is 1. The number of hydrogen-bond donors (Lipinski definition) is 1. The maximum Gasteiger partial charge on any atom is 0.127 e. The third-order valence-corrected chi connectivity index (χ3v) is 5.78. The average molecular weight is 458 g/mol. The van der Waals surface area contributed by atoms with Gasteiger partial charge in [0.2, 0.25) is 0 Å². The molecule has 0 radical (unpaired) electrons. The van der Waals surface area contributed by atoms with Gasteiger partial charge < -0.3 is 19.7 Å². The zero-order valence-corrected chi connectivity index (χ0v) is 20.2. The fraction of sp³-hybridized carbons (Fsp3) is 0.296. The highest BCUT2D eigenvalue weighted by Gasteiger charge is 2.27. The van der Waals surface area contributed by atoms with E-state index in [1.54, 1.807) is 32.8 Å². The number of aromatic nitrogens is 3. The van der Waals surface area contributed by atoms with Crippen molar-refractivity contribution in [1.29, 1.82) is 0 Å². The van der Waals surface area contributed by atoms with E-state index in [4.69, 9.17) is 14.5 Å². The summed E-state index contributed by atoms with van der Waals surface area (Å²) in [5.41, 5.74) is 5.28. The number of ether oxygens (including phenoxy) is 2. The van der Waals surface area contributed by atoms with Crippen molar-refractivity contribution in [3.63, 3.8) is 0 Å². The average Bonchev–Trinajstić information content (AvgIpc) is 2.87. The van der Waals surface area contributed by atoms with Crippen molar-refractivity contribution in [2.24, 2.45) is 0 Å². The van der Waals surface area contributed by atoms with E-state index in [0.717, 1.165) is 52.4 Å². The van der Waals surface area contributed by atoms with Gasteiger partial charge in [-0.1, -0.05) is 20.4 Å². The lowest BCUT2D eigenvalue weighted by molar-refractivity contribution is 0.272. The molecular formula is C27H31N5O2. The number of benzene rings is 1. The quantitative estimate of drug-likeness (QED) is 0.507. The molecule has 1 unspecified atom stereocenters. The van der Waals surface area contributed by atoms with Gasteiger partial charge in [0.05, 0.1) is 43.2 Å². The Bertz CT molecular complexity index is 1220. The lowest BCUT2D eigenvalue weighted by Crippen LogP contribution is -2.42. The molecule has 7 heteroatoms. The predicted molar refractivity (Wildman–Crippen MR) is 136 cm³/mol. The Hall–Kier alpha value is -3.71. The van der Waals surface area contributed by atoms with Crippen LogP contribution in [0.15, 0.2) is 84.7 Å². The first kappa shape index (κ1) is 23.4. The zero-order chi connectivity index (χ0) is 24.1. The van der Waals surface area contributed by atoms with Crippen LogP contribution in [0.1, 0.15) is 13.8 Å². The number of hydrogen-bond acceptors (Lipinski definition) is 7. The monoisotopic (exact) mass is 457 g/mol. The van der Waals surface area contributed by atoms with E-state index in [0.29, 0.717) is 11.8 Å². The molecule has 176 valence electrons. The highest BCUT2D eigenvalue weighted by molar-refractivity contribution is 5.81. The van der Waals surface area contributed by atoms with Crippen LogP contribution >= 0.6 is 0 Å². The Morgan fingerprint density at radius 2 is 1.97 bits per heavy atom. The second-order valence-corrected chi connectivity index (χ2v) is 8.43. The molecule has 0 fully saturated rings. The van der Waals surface area contributed by atoms with Crippen molar-refractivity contribution in [2.45, 2.75) is 25.9 Å². The third kappa shape index (κ3) is 5.10. The maximum atomic E-state index is 5.60. The first-order valence-corrected chi connectivity index (χ1v) is 11.4. The van der Waals surface area contributed by atoms with Crippen LogP contribution in [-0.2, 0) is 9.47 Å². The lowest BCUT2D eigenvalue weighted by atomic mass is 9.98. The van der Waals surface area contributed by atoms with Gasteiger partial charge in [-0.05, 0) is 36.4 Å². The summed E-state index contributed by atoms with van der Waals surface area (Å²) in [5.74, 6) is 1.46. The molecule has 1 atom stereocenters. The van der Waals surface area contributed by atoms with Crippen molar-refractivity contribution in [2.75, 3.05) is 32.2 Å². The Morgan fingerprint density at radius 1 is 1.12 bits per heavy atom. The summed E-state index contributed by atoms with van der Waals surface area (Å²) >= 11 is 0. The summed E-state index contributed by atoms with van der Waals surface area (Å²) in [6.45, 7) is 10.2.